The van der Waals surface area contributed by atoms with Crippen LogP contribution < -0.4 is 9.80 Å². The first-order valence-corrected chi connectivity index (χ1v) is 18.9. The first-order valence-electron chi connectivity index (χ1n) is 18.9. The molecule has 266 valence electrons. The Labute approximate surface area is 324 Å². The number of benzene rings is 8. The highest BCUT2D eigenvalue weighted by Gasteiger charge is 2.19. The van der Waals surface area contributed by atoms with Gasteiger partial charge in [-0.25, -0.2) is 0 Å². The van der Waals surface area contributed by atoms with E-state index in [2.05, 4.69) is 231 Å². The first kappa shape index (κ1) is 35.1. The number of nitrogens with zero attached hydrogens (tertiary/aromatic N) is 2. The van der Waals surface area contributed by atoms with Crippen molar-refractivity contribution >= 4 is 72.4 Å². The fourth-order valence-electron chi connectivity index (χ4n) is 7.79. The third-order valence-electron chi connectivity index (χ3n) is 10.5. The van der Waals surface area contributed by atoms with Gasteiger partial charge in [-0.1, -0.05) is 152 Å². The van der Waals surface area contributed by atoms with Crippen LogP contribution in [0.3, 0.4) is 0 Å². The van der Waals surface area contributed by atoms with E-state index in [4.69, 9.17) is 0 Å². The van der Waals surface area contributed by atoms with E-state index in [9.17, 15) is 0 Å². The molecule has 0 bridgehead atoms. The Balaban J connectivity index is 1.20. The van der Waals surface area contributed by atoms with E-state index in [-0.39, 0.29) is 0 Å². The number of allylic oxidation sites excluding steroid dienone is 6. The minimum Gasteiger partial charge on any atom is -0.314 e. The molecule has 0 unspecified atom stereocenters. The molecule has 0 aliphatic rings. The summed E-state index contributed by atoms with van der Waals surface area (Å²) < 4.78 is 0. The highest BCUT2D eigenvalue weighted by atomic mass is 15.2. The van der Waals surface area contributed by atoms with Gasteiger partial charge in [0.2, 0.25) is 0 Å². The normalized spacial score (nSPS) is 12.1. The summed E-state index contributed by atoms with van der Waals surface area (Å²) in [6.07, 6.45) is 10.7. The highest BCUT2D eigenvalue weighted by molar-refractivity contribution is 6.14. The minimum atomic E-state index is 1.05. The molecule has 0 aliphatic heterocycles. The third-order valence-corrected chi connectivity index (χ3v) is 10.5. The van der Waals surface area contributed by atoms with Gasteiger partial charge in [0.15, 0.2) is 0 Å². The second kappa shape index (κ2) is 15.6. The quantitative estimate of drug-likeness (QED) is 0.103. The lowest BCUT2D eigenvalue weighted by molar-refractivity contribution is 1.15. The predicted molar refractivity (Wildman–Crippen MR) is 240 cm³/mol. The molecule has 0 saturated heterocycles. The first-order chi connectivity index (χ1) is 27.1. The zero-order valence-electron chi connectivity index (χ0n) is 31.7. The fraction of sp³-hybridized carbons (Fsp3) is 0.0566. The molecule has 2 heteroatoms. The van der Waals surface area contributed by atoms with Crippen molar-refractivity contribution in [1.82, 2.24) is 0 Å². The van der Waals surface area contributed by atoms with Crippen LogP contribution in [-0.2, 0) is 0 Å². The summed E-state index contributed by atoms with van der Waals surface area (Å²) in [6.45, 7) is 10.7. The zero-order valence-corrected chi connectivity index (χ0v) is 31.7. The maximum atomic E-state index is 4.25. The van der Waals surface area contributed by atoms with Crippen LogP contribution in [-0.4, -0.2) is 0 Å². The maximum Gasteiger partial charge on any atom is 0.0546 e. The molecular weight excluding hydrogens is 665 g/mol. The van der Waals surface area contributed by atoms with Crippen molar-refractivity contribution in [2.45, 2.75) is 20.8 Å². The molecule has 0 N–H and O–H groups in total. The molecule has 0 fully saturated rings. The monoisotopic (exact) mass is 708 g/mol. The van der Waals surface area contributed by atoms with E-state index < -0.39 is 0 Å². The fourth-order valence-corrected chi connectivity index (χ4v) is 7.79. The number of anilines is 5. The molecule has 8 rings (SSSR count). The van der Waals surface area contributed by atoms with Gasteiger partial charge in [0.05, 0.1) is 11.4 Å². The number of fused-ring (bicyclic) bond motifs is 4. The molecule has 8 aromatic carbocycles. The summed E-state index contributed by atoms with van der Waals surface area (Å²) >= 11 is 0. The molecule has 0 spiro atoms. The second-order valence-corrected chi connectivity index (χ2v) is 13.8. The summed E-state index contributed by atoms with van der Waals surface area (Å²) in [5.74, 6) is 0. The molecule has 55 heavy (non-hydrogen) atoms. The summed E-state index contributed by atoms with van der Waals surface area (Å²) in [6, 6.07) is 60.8. The summed E-state index contributed by atoms with van der Waals surface area (Å²) in [4.78, 5) is 4.73. The Morgan fingerprint density at radius 2 is 1.05 bits per heavy atom. The Kier molecular flexibility index (Phi) is 9.97. The van der Waals surface area contributed by atoms with Crippen LogP contribution in [0, 0.1) is 6.92 Å². The molecular formula is C53H44N2. The van der Waals surface area contributed by atoms with Crippen LogP contribution in [0.1, 0.15) is 30.5 Å². The molecule has 2 nitrogen and oxygen atoms in total. The lowest BCUT2D eigenvalue weighted by atomic mass is 9.96. The van der Waals surface area contributed by atoms with Gasteiger partial charge in [-0.2, -0.15) is 0 Å². The number of rotatable bonds is 10. The molecule has 0 aliphatic carbocycles. The average molecular weight is 709 g/mol. The maximum absolute atomic E-state index is 4.25. The van der Waals surface area contributed by atoms with Crippen molar-refractivity contribution in [3.05, 3.63) is 223 Å². The van der Waals surface area contributed by atoms with Gasteiger partial charge in [-0.3, -0.25) is 0 Å². The molecule has 0 atom stereocenters. The Bertz CT molecular complexity index is 2740. The predicted octanol–water partition coefficient (Wildman–Crippen LogP) is 15.3. The van der Waals surface area contributed by atoms with Crippen LogP contribution in [0.15, 0.2) is 206 Å². The van der Waals surface area contributed by atoms with Crippen molar-refractivity contribution in [2.75, 3.05) is 9.80 Å². The van der Waals surface area contributed by atoms with Gasteiger partial charge in [-0.15, -0.1) is 0 Å². The molecule has 0 aromatic heterocycles. The smallest absolute Gasteiger partial charge is 0.0546 e. The van der Waals surface area contributed by atoms with E-state index in [0.717, 1.165) is 45.3 Å². The van der Waals surface area contributed by atoms with Crippen LogP contribution in [0.4, 0.5) is 28.4 Å². The summed E-state index contributed by atoms with van der Waals surface area (Å²) in [5.41, 5.74) is 11.3. The molecule has 0 heterocycles. The lowest BCUT2D eigenvalue weighted by Gasteiger charge is -2.29. The number of para-hydroxylation sites is 2. The van der Waals surface area contributed by atoms with E-state index in [1.54, 1.807) is 0 Å². The van der Waals surface area contributed by atoms with Crippen LogP contribution in [0.25, 0.3) is 44.0 Å². The Morgan fingerprint density at radius 1 is 0.527 bits per heavy atom. The molecule has 8 aromatic rings. The number of hydrogen-bond acceptors (Lipinski definition) is 2. The van der Waals surface area contributed by atoms with Crippen molar-refractivity contribution in [3.8, 4) is 0 Å². The topological polar surface area (TPSA) is 6.48 Å². The van der Waals surface area contributed by atoms with Gasteiger partial charge >= 0.3 is 0 Å². The second-order valence-electron chi connectivity index (χ2n) is 13.8. The standard InChI is InChI=1S/C53H44N2/c1-5-19-48-39(4)47-26-15-13-20-42(47)36-52(48)54(44-22-9-7-10-23-44)38(3)30-31-40(6-2)41-32-34-46(35-33-41)55(45-24-11-8-12-25-45)53-37-43-21-14-16-27-49(43)50-28-17-18-29-51(50)53/h5-37H,2H2,1,3-4H3/b19-5-,38-30+,40-31+. The van der Waals surface area contributed by atoms with Crippen LogP contribution in [0.2, 0.25) is 0 Å². The van der Waals surface area contributed by atoms with Gasteiger partial charge in [0.25, 0.3) is 0 Å². The largest absolute Gasteiger partial charge is 0.314 e. The van der Waals surface area contributed by atoms with Crippen LogP contribution in [0.5, 0.6) is 0 Å². The van der Waals surface area contributed by atoms with Gasteiger partial charge in [0, 0.05) is 33.7 Å². The summed E-state index contributed by atoms with van der Waals surface area (Å²) in [7, 11) is 0. The van der Waals surface area contributed by atoms with Crippen LogP contribution >= 0.6 is 0 Å². The summed E-state index contributed by atoms with van der Waals surface area (Å²) in [5, 5.41) is 7.42. The number of hydrogen-bond donors (Lipinski definition) is 0. The molecule has 0 saturated carbocycles. The SMILES string of the molecule is C=C/C(=C\C=C(/C)N(c1ccccc1)c1cc2ccccc2c(C)c1/C=C\C)c1ccc(N(c2ccccc2)c2cc3ccccc3c3ccccc23)cc1. The van der Waals surface area contributed by atoms with Crippen molar-refractivity contribution in [3.63, 3.8) is 0 Å². The van der Waals surface area contributed by atoms with Crippen molar-refractivity contribution in [1.29, 1.82) is 0 Å². The Morgan fingerprint density at radius 3 is 1.71 bits per heavy atom. The van der Waals surface area contributed by atoms with E-state index in [0.29, 0.717) is 0 Å². The van der Waals surface area contributed by atoms with E-state index >= 15 is 0 Å². The van der Waals surface area contributed by atoms with Gasteiger partial charge in [-0.05, 0) is 119 Å². The van der Waals surface area contributed by atoms with E-state index in [1.165, 1.54) is 43.4 Å². The average Bonchev–Trinajstić information content (AvgIpc) is 3.24. The number of aryl methyl sites for hydroxylation is 1. The molecule has 0 amide bonds. The van der Waals surface area contributed by atoms with Crippen molar-refractivity contribution in [2.24, 2.45) is 0 Å². The van der Waals surface area contributed by atoms with Crippen molar-refractivity contribution < 1.29 is 0 Å². The Hall–Kier alpha value is -6.90. The zero-order chi connectivity index (χ0) is 37.7. The van der Waals surface area contributed by atoms with Gasteiger partial charge in [0.1, 0.15) is 0 Å². The lowest BCUT2D eigenvalue weighted by Crippen LogP contribution is -2.16. The van der Waals surface area contributed by atoms with Gasteiger partial charge < -0.3 is 9.80 Å². The molecule has 0 radical (unpaired) electrons. The minimum absolute atomic E-state index is 1.05. The van der Waals surface area contributed by atoms with E-state index in [1.807, 2.05) is 6.08 Å². The highest BCUT2D eigenvalue weighted by Crippen LogP contribution is 2.43. The third kappa shape index (κ3) is 6.87.